The average Bonchev–Trinajstić information content (AvgIpc) is 2.19. The Hall–Kier alpha value is -0.730. The molecule has 14 heavy (non-hydrogen) atoms. The van der Waals surface area contributed by atoms with Crippen LogP contribution in [0.3, 0.4) is 0 Å². The molecule has 0 unspecified atom stereocenters. The molecule has 0 radical (unpaired) electrons. The third-order valence-electron chi connectivity index (χ3n) is 2.11. The van der Waals surface area contributed by atoms with Gasteiger partial charge in [-0.25, -0.2) is 0 Å². The normalized spacial score (nSPS) is 18.6. The first-order valence-corrected chi connectivity index (χ1v) is 4.28. The quantitative estimate of drug-likeness (QED) is 0.298. The summed E-state index contributed by atoms with van der Waals surface area (Å²) in [6.45, 7) is 2.70. The number of piperazine rings is 1. The summed E-state index contributed by atoms with van der Waals surface area (Å²) in [7, 11) is 1.99. The summed E-state index contributed by atoms with van der Waals surface area (Å²) in [6, 6.07) is 0. The average molecular weight is 205 g/mol. The molecule has 7 heteroatoms. The number of hydrogen-bond acceptors (Lipinski definition) is 6. The standard InChI is InChI=1S/C7H14N2O5/c1-8-2-4-9(5-3-8)7(10)6-12-14-13-11/h11H,2-6H2,1H3/p-1. The van der Waals surface area contributed by atoms with Crippen LogP contribution in [0.1, 0.15) is 0 Å². The summed E-state index contributed by atoms with van der Waals surface area (Å²) in [4.78, 5) is 19.3. The Balaban J connectivity index is 2.17. The molecule has 0 N–H and O–H groups in total. The van der Waals surface area contributed by atoms with E-state index < -0.39 is 0 Å². The Labute approximate surface area is 81.5 Å². The summed E-state index contributed by atoms with van der Waals surface area (Å²) in [5.74, 6) is -0.213. The van der Waals surface area contributed by atoms with E-state index in [9.17, 15) is 10.1 Å². The molecule has 0 saturated carbocycles. The van der Waals surface area contributed by atoms with Gasteiger partial charge in [0.15, 0.2) is 6.61 Å². The van der Waals surface area contributed by atoms with Crippen molar-refractivity contribution in [3.05, 3.63) is 0 Å². The fraction of sp³-hybridized carbons (Fsp3) is 0.857. The highest BCUT2D eigenvalue weighted by Crippen LogP contribution is 1.99. The number of carbonyl (C=O) groups excluding carboxylic acids is 1. The minimum Gasteiger partial charge on any atom is -0.690 e. The number of rotatable bonds is 4. The van der Waals surface area contributed by atoms with Crippen LogP contribution in [0.2, 0.25) is 0 Å². The molecule has 0 atom stereocenters. The van der Waals surface area contributed by atoms with Gasteiger partial charge in [0.1, 0.15) is 0 Å². The number of nitrogens with zero attached hydrogens (tertiary/aromatic N) is 2. The predicted octanol–water partition coefficient (Wildman–Crippen LogP) is -2.08. The van der Waals surface area contributed by atoms with Gasteiger partial charge in [-0.15, -0.1) is 0 Å². The van der Waals surface area contributed by atoms with Gasteiger partial charge in [-0.1, -0.05) is 5.04 Å². The number of amides is 1. The molecule has 0 aromatic carbocycles. The van der Waals surface area contributed by atoms with Gasteiger partial charge in [0.05, 0.1) is 0 Å². The van der Waals surface area contributed by atoms with Gasteiger partial charge in [0.2, 0.25) is 0 Å². The van der Waals surface area contributed by atoms with Gasteiger partial charge in [-0.05, 0) is 7.05 Å². The lowest BCUT2D eigenvalue weighted by Crippen LogP contribution is -2.48. The molecule has 1 fully saturated rings. The van der Waals surface area contributed by atoms with Crippen molar-refractivity contribution in [1.82, 2.24) is 9.80 Å². The lowest BCUT2D eigenvalue weighted by Gasteiger charge is -2.32. The zero-order valence-corrected chi connectivity index (χ0v) is 7.97. The molecule has 1 amide bonds. The summed E-state index contributed by atoms with van der Waals surface area (Å²) < 4.78 is 0. The molecule has 82 valence electrons. The van der Waals surface area contributed by atoms with E-state index in [1.165, 1.54) is 0 Å². The largest absolute Gasteiger partial charge is 0.690 e. The maximum Gasteiger partial charge on any atom is 0.252 e. The lowest BCUT2D eigenvalue weighted by molar-refractivity contribution is -0.848. The van der Waals surface area contributed by atoms with Crippen molar-refractivity contribution in [2.75, 3.05) is 39.8 Å². The minimum absolute atomic E-state index is 0.213. The Morgan fingerprint density at radius 3 is 2.57 bits per heavy atom. The van der Waals surface area contributed by atoms with E-state index in [1.807, 2.05) is 7.05 Å². The summed E-state index contributed by atoms with van der Waals surface area (Å²) in [5.41, 5.74) is 0. The van der Waals surface area contributed by atoms with Crippen LogP contribution in [0.15, 0.2) is 0 Å². The van der Waals surface area contributed by atoms with Gasteiger partial charge in [0, 0.05) is 26.2 Å². The van der Waals surface area contributed by atoms with E-state index in [2.05, 4.69) is 19.9 Å². The van der Waals surface area contributed by atoms with Crippen molar-refractivity contribution in [2.24, 2.45) is 0 Å². The van der Waals surface area contributed by atoms with Crippen molar-refractivity contribution >= 4 is 5.91 Å². The maximum atomic E-state index is 11.3. The molecular formula is C7H13N2O5-. The third kappa shape index (κ3) is 3.56. The fourth-order valence-corrected chi connectivity index (χ4v) is 1.24. The second-order valence-electron chi connectivity index (χ2n) is 3.08. The molecule has 1 rings (SSSR count). The Bertz CT molecular complexity index is 181. The molecule has 1 saturated heterocycles. The second-order valence-corrected chi connectivity index (χ2v) is 3.08. The van der Waals surface area contributed by atoms with Crippen LogP contribution in [0.4, 0.5) is 0 Å². The van der Waals surface area contributed by atoms with Crippen LogP contribution in [0.5, 0.6) is 0 Å². The van der Waals surface area contributed by atoms with Crippen LogP contribution in [-0.2, 0) is 19.8 Å². The molecule has 0 aromatic heterocycles. The van der Waals surface area contributed by atoms with Crippen LogP contribution in [0.25, 0.3) is 0 Å². The first-order valence-electron chi connectivity index (χ1n) is 4.28. The fourth-order valence-electron chi connectivity index (χ4n) is 1.24. The van der Waals surface area contributed by atoms with Gasteiger partial charge in [0.25, 0.3) is 5.91 Å². The van der Waals surface area contributed by atoms with E-state index in [0.29, 0.717) is 13.1 Å². The molecule has 0 aromatic rings. The van der Waals surface area contributed by atoms with Crippen molar-refractivity contribution in [3.63, 3.8) is 0 Å². The Morgan fingerprint density at radius 1 is 1.36 bits per heavy atom. The zero-order valence-electron chi connectivity index (χ0n) is 7.97. The molecule has 1 aliphatic heterocycles. The lowest BCUT2D eigenvalue weighted by atomic mass is 10.3. The van der Waals surface area contributed by atoms with Crippen molar-refractivity contribution in [3.8, 4) is 0 Å². The molecule has 0 aliphatic carbocycles. The van der Waals surface area contributed by atoms with Gasteiger partial charge in [-0.3, -0.25) is 9.83 Å². The molecule has 0 spiro atoms. The van der Waals surface area contributed by atoms with Gasteiger partial charge >= 0.3 is 0 Å². The topological polar surface area (TPSA) is 74.3 Å². The Kier molecular flexibility index (Phi) is 4.77. The Morgan fingerprint density at radius 2 is 2.00 bits per heavy atom. The van der Waals surface area contributed by atoms with Crippen LogP contribution in [0, 0.1) is 0 Å². The number of likely N-dealkylation sites (N-methyl/N-ethyl adjacent to an activating group) is 1. The van der Waals surface area contributed by atoms with E-state index >= 15 is 0 Å². The molecule has 1 heterocycles. The SMILES string of the molecule is CN1CCN(C(=O)COOO[O-])CC1. The van der Waals surface area contributed by atoms with Crippen LogP contribution < -0.4 is 5.26 Å². The van der Waals surface area contributed by atoms with Crippen molar-refractivity contribution < 1.29 is 25.0 Å². The van der Waals surface area contributed by atoms with Crippen LogP contribution in [-0.4, -0.2) is 55.5 Å². The van der Waals surface area contributed by atoms with Crippen LogP contribution >= 0.6 is 0 Å². The highest BCUT2D eigenvalue weighted by atomic mass is 17.6. The molecular weight excluding hydrogens is 192 g/mol. The first kappa shape index (κ1) is 11.3. The zero-order chi connectivity index (χ0) is 10.4. The summed E-state index contributed by atoms with van der Waals surface area (Å²) in [5, 5.41) is 15.9. The minimum atomic E-state index is -0.300. The van der Waals surface area contributed by atoms with E-state index in [4.69, 9.17) is 0 Å². The second kappa shape index (κ2) is 5.89. The van der Waals surface area contributed by atoms with E-state index in [-0.39, 0.29) is 12.5 Å². The predicted molar refractivity (Wildman–Crippen MR) is 42.2 cm³/mol. The highest BCUT2D eigenvalue weighted by Gasteiger charge is 2.18. The van der Waals surface area contributed by atoms with E-state index in [0.717, 1.165) is 13.1 Å². The maximum absolute atomic E-state index is 11.3. The molecule has 0 bridgehead atoms. The first-order chi connectivity index (χ1) is 6.74. The van der Waals surface area contributed by atoms with Crippen molar-refractivity contribution in [1.29, 1.82) is 0 Å². The van der Waals surface area contributed by atoms with Crippen molar-refractivity contribution in [2.45, 2.75) is 0 Å². The number of hydrogen-bond donors (Lipinski definition) is 0. The van der Waals surface area contributed by atoms with E-state index in [1.54, 1.807) is 4.90 Å². The molecule has 1 aliphatic rings. The monoisotopic (exact) mass is 205 g/mol. The summed E-state index contributed by atoms with van der Waals surface area (Å²) in [6.07, 6.45) is 0. The number of carbonyl (C=O) groups is 1. The smallest absolute Gasteiger partial charge is 0.252 e. The molecule has 7 nitrogen and oxygen atoms in total. The highest BCUT2D eigenvalue weighted by molar-refractivity contribution is 5.77. The van der Waals surface area contributed by atoms with Gasteiger partial charge in [-0.2, -0.15) is 4.89 Å². The van der Waals surface area contributed by atoms with Gasteiger partial charge < -0.3 is 15.1 Å². The summed E-state index contributed by atoms with van der Waals surface area (Å²) >= 11 is 0. The third-order valence-corrected chi connectivity index (χ3v) is 2.11.